The first-order valence-electron chi connectivity index (χ1n) is 8.33. The summed E-state index contributed by atoms with van der Waals surface area (Å²) in [6, 6.07) is 14.7. The zero-order valence-electron chi connectivity index (χ0n) is 16.4. The first-order valence-corrected chi connectivity index (χ1v) is 8.33. The molecule has 0 bridgehead atoms. The van der Waals surface area contributed by atoms with E-state index in [-0.39, 0.29) is 33.3 Å². The topological polar surface area (TPSA) is 0 Å². The van der Waals surface area contributed by atoms with Gasteiger partial charge in [0.1, 0.15) is 0 Å². The summed E-state index contributed by atoms with van der Waals surface area (Å²) in [5, 5.41) is 0. The summed E-state index contributed by atoms with van der Waals surface area (Å²) >= 11 is 0. The zero-order valence-corrected chi connectivity index (χ0v) is 17.5. The maximum absolute atomic E-state index is 2.33. The fourth-order valence-electron chi connectivity index (χ4n) is 2.86. The molecule has 136 valence electrons. The molecular formula is C22H34Fe-6. The molecule has 0 aliphatic carbocycles. The summed E-state index contributed by atoms with van der Waals surface area (Å²) in [5.74, 6) is 0. The zero-order chi connectivity index (χ0) is 17.2. The van der Waals surface area contributed by atoms with Crippen LogP contribution in [0.3, 0.4) is 0 Å². The van der Waals surface area contributed by atoms with Crippen molar-refractivity contribution >= 4 is 0 Å². The van der Waals surface area contributed by atoms with Crippen molar-refractivity contribution in [2.45, 2.75) is 78.6 Å². The van der Waals surface area contributed by atoms with Crippen LogP contribution in [0.15, 0.2) is 42.5 Å². The largest absolute Gasteiger partial charge is 0.748 e. The minimum absolute atomic E-state index is 0. The minimum atomic E-state index is 0. The monoisotopic (exact) mass is 354 g/mol. The molecule has 23 heavy (non-hydrogen) atoms. The summed E-state index contributed by atoms with van der Waals surface area (Å²) in [4.78, 5) is 0. The van der Waals surface area contributed by atoms with Crippen molar-refractivity contribution in [2.24, 2.45) is 0 Å². The molecule has 0 aromatic heterocycles. The van der Waals surface area contributed by atoms with E-state index in [9.17, 15) is 0 Å². The molecule has 2 aromatic rings. The standard InChI is InChI=1S/C17H29.C5H5.Fe/c1-15(2,3)12-10-11-13(16(4,5)6)14(12)17(7,8)9;1-2-4-5-3-1;/h10-11H,1-9H3;1-5H;/q-1;-5;. The maximum Gasteiger partial charge on any atom is 0 e. The van der Waals surface area contributed by atoms with Gasteiger partial charge in [-0.05, 0) is 5.41 Å². The van der Waals surface area contributed by atoms with E-state index < -0.39 is 0 Å². The Hall–Kier alpha value is -0.781. The van der Waals surface area contributed by atoms with Gasteiger partial charge in [-0.1, -0.05) is 73.1 Å². The first-order chi connectivity index (χ1) is 9.85. The Morgan fingerprint density at radius 3 is 1.35 bits per heavy atom. The van der Waals surface area contributed by atoms with Crippen LogP contribution in [0.4, 0.5) is 0 Å². The van der Waals surface area contributed by atoms with Crippen LogP contribution >= 0.6 is 0 Å². The van der Waals surface area contributed by atoms with Crippen molar-refractivity contribution in [2.75, 3.05) is 0 Å². The summed E-state index contributed by atoms with van der Waals surface area (Å²) in [7, 11) is 0. The Kier molecular flexibility index (Phi) is 7.59. The predicted molar refractivity (Wildman–Crippen MR) is 100 cm³/mol. The van der Waals surface area contributed by atoms with E-state index >= 15 is 0 Å². The van der Waals surface area contributed by atoms with E-state index in [0.29, 0.717) is 0 Å². The van der Waals surface area contributed by atoms with E-state index in [1.807, 2.05) is 30.3 Å². The van der Waals surface area contributed by atoms with E-state index in [2.05, 4.69) is 74.4 Å². The average Bonchev–Trinajstić information content (AvgIpc) is 2.99. The van der Waals surface area contributed by atoms with Gasteiger partial charge in [-0.3, -0.25) is 0 Å². The maximum atomic E-state index is 2.33. The quantitative estimate of drug-likeness (QED) is 0.365. The Labute approximate surface area is 154 Å². The number of rotatable bonds is 0. The summed E-state index contributed by atoms with van der Waals surface area (Å²) in [6.07, 6.45) is 0. The first kappa shape index (κ1) is 22.2. The fraction of sp³-hybridized carbons (Fsp3) is 0.545. The Bertz CT molecular complexity index is 500. The van der Waals surface area contributed by atoms with Gasteiger partial charge in [0.15, 0.2) is 0 Å². The molecule has 1 heteroatoms. The van der Waals surface area contributed by atoms with Crippen LogP contribution in [-0.2, 0) is 33.3 Å². The van der Waals surface area contributed by atoms with Crippen LogP contribution in [0.2, 0.25) is 0 Å². The van der Waals surface area contributed by atoms with Crippen molar-refractivity contribution in [3.8, 4) is 0 Å². The summed E-state index contributed by atoms with van der Waals surface area (Å²) in [5.41, 5.74) is 5.25. The molecule has 0 fully saturated rings. The smallest absolute Gasteiger partial charge is 0 e. The second-order valence-corrected chi connectivity index (χ2v) is 9.25. The van der Waals surface area contributed by atoms with Gasteiger partial charge in [0, 0.05) is 17.1 Å². The van der Waals surface area contributed by atoms with Gasteiger partial charge >= 0.3 is 0 Å². The molecule has 0 heterocycles. The molecule has 2 aromatic carbocycles. The third kappa shape index (κ3) is 6.32. The van der Waals surface area contributed by atoms with Gasteiger partial charge in [-0.25, -0.2) is 6.07 Å². The second-order valence-electron chi connectivity index (χ2n) is 9.25. The second kappa shape index (κ2) is 7.86. The third-order valence-electron chi connectivity index (χ3n) is 3.88. The molecule has 0 unspecified atom stereocenters. The Balaban J connectivity index is 0.000000684. The molecule has 0 saturated heterocycles. The third-order valence-corrected chi connectivity index (χ3v) is 3.88. The summed E-state index contributed by atoms with van der Waals surface area (Å²) < 4.78 is 0. The van der Waals surface area contributed by atoms with Crippen LogP contribution in [-0.4, -0.2) is 0 Å². The van der Waals surface area contributed by atoms with Gasteiger partial charge in [-0.2, -0.15) is 17.2 Å². The Morgan fingerprint density at radius 1 is 0.696 bits per heavy atom. The average molecular weight is 354 g/mol. The summed E-state index contributed by atoms with van der Waals surface area (Å²) in [6.45, 7) is 20.8. The molecule has 0 N–H and O–H groups in total. The van der Waals surface area contributed by atoms with Gasteiger partial charge in [-0.15, -0.1) is 5.56 Å². The van der Waals surface area contributed by atoms with Crippen molar-refractivity contribution in [3.05, 3.63) is 59.2 Å². The molecule has 0 amide bonds. The van der Waals surface area contributed by atoms with Crippen molar-refractivity contribution < 1.29 is 17.1 Å². The molecule has 0 atom stereocenters. The molecule has 0 nitrogen and oxygen atoms in total. The van der Waals surface area contributed by atoms with E-state index in [1.54, 1.807) is 5.56 Å². The van der Waals surface area contributed by atoms with Crippen LogP contribution in [0.5, 0.6) is 0 Å². The van der Waals surface area contributed by atoms with Crippen LogP contribution in [0.25, 0.3) is 0 Å². The van der Waals surface area contributed by atoms with Crippen LogP contribution < -0.4 is 0 Å². The molecule has 0 aliphatic heterocycles. The molecular weight excluding hydrogens is 320 g/mol. The van der Waals surface area contributed by atoms with E-state index in [0.717, 1.165) is 0 Å². The number of hydrogen-bond acceptors (Lipinski definition) is 0. The van der Waals surface area contributed by atoms with E-state index in [1.165, 1.54) is 11.1 Å². The van der Waals surface area contributed by atoms with Gasteiger partial charge in [0.05, 0.1) is 0 Å². The minimum Gasteiger partial charge on any atom is -0.748 e. The Morgan fingerprint density at radius 2 is 1.09 bits per heavy atom. The van der Waals surface area contributed by atoms with E-state index in [4.69, 9.17) is 0 Å². The molecule has 0 saturated carbocycles. The normalized spacial score (nSPS) is 12.2. The van der Waals surface area contributed by atoms with Crippen molar-refractivity contribution in [3.63, 3.8) is 0 Å². The van der Waals surface area contributed by atoms with Gasteiger partial charge < -0.3 is 30.3 Å². The van der Waals surface area contributed by atoms with Crippen molar-refractivity contribution in [1.82, 2.24) is 0 Å². The van der Waals surface area contributed by atoms with Crippen molar-refractivity contribution in [1.29, 1.82) is 0 Å². The number of hydrogen-bond donors (Lipinski definition) is 0. The SMILES string of the molecule is CC(C)(C)c1cc[c-](C(C)(C)C)c1C(C)(C)C.[Fe].[cH-]1[cH-][cH-][cH-][cH-]1. The molecule has 0 spiro atoms. The van der Waals surface area contributed by atoms with Crippen LogP contribution in [0.1, 0.15) is 79.0 Å². The molecule has 0 aliphatic rings. The molecule has 2 rings (SSSR count). The predicted octanol–water partition coefficient (Wildman–Crippen LogP) is 6.70. The fourth-order valence-corrected chi connectivity index (χ4v) is 2.86. The van der Waals surface area contributed by atoms with Gasteiger partial charge in [0.25, 0.3) is 0 Å². The van der Waals surface area contributed by atoms with Gasteiger partial charge in [0.2, 0.25) is 0 Å². The molecule has 0 radical (unpaired) electrons. The van der Waals surface area contributed by atoms with Crippen LogP contribution in [0, 0.1) is 0 Å².